The minimum Gasteiger partial charge on any atom is -0.481 e. The van der Waals surface area contributed by atoms with Gasteiger partial charge in [-0.15, -0.1) is 6.58 Å². The predicted octanol–water partition coefficient (Wildman–Crippen LogP) is 3.90. The van der Waals surface area contributed by atoms with Crippen molar-refractivity contribution >= 4 is 40.9 Å². The Bertz CT molecular complexity index is 875. The number of halogens is 1. The second kappa shape index (κ2) is 7.89. The standard InChI is InChI=1S/C20H17ClN2O3/c1-2-11-23-17-9-8-16(12-18(17)26-13-20(23)25)22-19(24)10-5-14-3-6-15(21)7-4-14/h2-10,12H,1,11,13H2,(H,22,24)/b10-5+. The number of carbonyl (C=O) groups is 2. The van der Waals surface area contributed by atoms with Gasteiger partial charge in [0.05, 0.1) is 5.69 Å². The molecule has 0 bridgehead atoms. The lowest BCUT2D eigenvalue weighted by molar-refractivity contribution is -0.121. The van der Waals surface area contributed by atoms with Gasteiger partial charge in [0.1, 0.15) is 5.75 Å². The van der Waals surface area contributed by atoms with E-state index in [1.54, 1.807) is 47.4 Å². The third-order valence-electron chi connectivity index (χ3n) is 3.78. The van der Waals surface area contributed by atoms with Gasteiger partial charge in [0.25, 0.3) is 5.91 Å². The normalized spacial score (nSPS) is 13.3. The predicted molar refractivity (Wildman–Crippen MR) is 104 cm³/mol. The Morgan fingerprint density at radius 1 is 1.27 bits per heavy atom. The van der Waals surface area contributed by atoms with Crippen molar-refractivity contribution in [2.75, 3.05) is 23.4 Å². The van der Waals surface area contributed by atoms with Gasteiger partial charge in [-0.25, -0.2) is 0 Å². The fourth-order valence-corrected chi connectivity index (χ4v) is 2.67. The highest BCUT2D eigenvalue weighted by molar-refractivity contribution is 6.30. The van der Waals surface area contributed by atoms with Crippen molar-refractivity contribution in [3.05, 3.63) is 71.8 Å². The molecule has 0 aliphatic carbocycles. The molecule has 1 aliphatic rings. The molecular weight excluding hydrogens is 352 g/mol. The van der Waals surface area contributed by atoms with Crippen LogP contribution < -0.4 is 15.0 Å². The van der Waals surface area contributed by atoms with E-state index in [1.807, 2.05) is 12.1 Å². The van der Waals surface area contributed by atoms with E-state index in [9.17, 15) is 9.59 Å². The summed E-state index contributed by atoms with van der Waals surface area (Å²) in [7, 11) is 0. The average Bonchev–Trinajstić information content (AvgIpc) is 2.64. The summed E-state index contributed by atoms with van der Waals surface area (Å²) in [5.74, 6) is 0.153. The largest absolute Gasteiger partial charge is 0.481 e. The molecule has 1 aliphatic heterocycles. The molecule has 0 aromatic heterocycles. The second-order valence-electron chi connectivity index (χ2n) is 5.64. The topological polar surface area (TPSA) is 58.6 Å². The highest BCUT2D eigenvalue weighted by Crippen LogP contribution is 2.34. The van der Waals surface area contributed by atoms with E-state index in [0.29, 0.717) is 28.7 Å². The molecule has 0 saturated heterocycles. The summed E-state index contributed by atoms with van der Waals surface area (Å²) in [5, 5.41) is 3.42. The highest BCUT2D eigenvalue weighted by atomic mass is 35.5. The van der Waals surface area contributed by atoms with Crippen molar-refractivity contribution in [3.8, 4) is 5.75 Å². The first-order valence-electron chi connectivity index (χ1n) is 7.99. The fourth-order valence-electron chi connectivity index (χ4n) is 2.54. The molecule has 0 atom stereocenters. The monoisotopic (exact) mass is 368 g/mol. The number of anilines is 2. The van der Waals surface area contributed by atoms with Crippen molar-refractivity contribution in [1.82, 2.24) is 0 Å². The van der Waals surface area contributed by atoms with Gasteiger partial charge in [-0.3, -0.25) is 9.59 Å². The zero-order valence-corrected chi connectivity index (χ0v) is 14.7. The maximum absolute atomic E-state index is 12.1. The van der Waals surface area contributed by atoms with E-state index in [0.717, 1.165) is 5.56 Å². The Morgan fingerprint density at radius 2 is 2.04 bits per heavy atom. The number of benzene rings is 2. The van der Waals surface area contributed by atoms with Crippen molar-refractivity contribution in [2.24, 2.45) is 0 Å². The summed E-state index contributed by atoms with van der Waals surface area (Å²) in [6, 6.07) is 12.3. The number of hydrogen-bond donors (Lipinski definition) is 1. The van der Waals surface area contributed by atoms with Gasteiger partial charge >= 0.3 is 0 Å². The summed E-state index contributed by atoms with van der Waals surface area (Å²) >= 11 is 5.83. The molecule has 6 heteroatoms. The molecule has 1 N–H and O–H groups in total. The number of carbonyl (C=O) groups excluding carboxylic acids is 2. The molecule has 26 heavy (non-hydrogen) atoms. The molecule has 3 rings (SSSR count). The summed E-state index contributed by atoms with van der Waals surface area (Å²) in [5.41, 5.74) is 2.12. The third kappa shape index (κ3) is 4.13. The Morgan fingerprint density at radius 3 is 2.77 bits per heavy atom. The van der Waals surface area contributed by atoms with Crippen LogP contribution in [0.15, 0.2) is 61.2 Å². The van der Waals surface area contributed by atoms with Gasteiger partial charge in [0.15, 0.2) is 6.61 Å². The van der Waals surface area contributed by atoms with Crippen molar-refractivity contribution in [2.45, 2.75) is 0 Å². The average molecular weight is 369 g/mol. The zero-order chi connectivity index (χ0) is 18.5. The first-order valence-corrected chi connectivity index (χ1v) is 8.37. The van der Waals surface area contributed by atoms with Crippen LogP contribution in [0.1, 0.15) is 5.56 Å². The van der Waals surface area contributed by atoms with E-state index >= 15 is 0 Å². The van der Waals surface area contributed by atoms with Crippen molar-refractivity contribution in [3.63, 3.8) is 0 Å². The molecule has 2 aromatic carbocycles. The van der Waals surface area contributed by atoms with Gasteiger partial charge in [-0.2, -0.15) is 0 Å². The first-order chi connectivity index (χ1) is 12.6. The SMILES string of the molecule is C=CCN1C(=O)COc2cc(NC(=O)/C=C/c3ccc(Cl)cc3)ccc21. The maximum atomic E-state index is 12.1. The van der Waals surface area contributed by atoms with Crippen LogP contribution in [0.25, 0.3) is 6.08 Å². The lowest BCUT2D eigenvalue weighted by Crippen LogP contribution is -2.38. The van der Waals surface area contributed by atoms with E-state index < -0.39 is 0 Å². The first kappa shape index (κ1) is 17.8. The number of fused-ring (bicyclic) bond motifs is 1. The van der Waals surface area contributed by atoms with E-state index in [1.165, 1.54) is 6.08 Å². The molecule has 5 nitrogen and oxygen atoms in total. The maximum Gasteiger partial charge on any atom is 0.265 e. The van der Waals surface area contributed by atoms with Crippen molar-refractivity contribution in [1.29, 1.82) is 0 Å². The smallest absolute Gasteiger partial charge is 0.265 e. The minimum absolute atomic E-state index is 0.0330. The van der Waals surface area contributed by atoms with Crippen molar-refractivity contribution < 1.29 is 14.3 Å². The Labute approximate surface area is 156 Å². The van der Waals surface area contributed by atoms with Crippen LogP contribution in [0.5, 0.6) is 5.75 Å². The van der Waals surface area contributed by atoms with E-state index in [2.05, 4.69) is 11.9 Å². The fraction of sp³-hybridized carbons (Fsp3) is 0.100. The summed E-state index contributed by atoms with van der Waals surface area (Å²) in [4.78, 5) is 25.6. The van der Waals surface area contributed by atoms with Crippen LogP contribution in [0.2, 0.25) is 5.02 Å². The van der Waals surface area contributed by atoms with Crippen LogP contribution in [-0.4, -0.2) is 25.0 Å². The Kier molecular flexibility index (Phi) is 5.39. The number of nitrogens with one attached hydrogen (secondary N) is 1. The number of ether oxygens (including phenoxy) is 1. The number of amides is 2. The van der Waals surface area contributed by atoms with Crippen LogP contribution >= 0.6 is 11.6 Å². The Balaban J connectivity index is 1.70. The van der Waals surface area contributed by atoms with Gasteiger partial charge in [-0.1, -0.05) is 29.8 Å². The highest BCUT2D eigenvalue weighted by Gasteiger charge is 2.24. The number of hydrogen-bond acceptors (Lipinski definition) is 3. The number of nitrogens with zero attached hydrogens (tertiary/aromatic N) is 1. The molecule has 0 spiro atoms. The molecule has 0 fully saturated rings. The molecule has 0 unspecified atom stereocenters. The molecule has 2 aromatic rings. The van der Waals surface area contributed by atoms with E-state index in [4.69, 9.17) is 16.3 Å². The molecule has 0 saturated carbocycles. The summed E-state index contributed by atoms with van der Waals surface area (Å²) in [6.07, 6.45) is 4.80. The van der Waals surface area contributed by atoms with Crippen LogP contribution in [0.3, 0.4) is 0 Å². The molecule has 0 radical (unpaired) electrons. The van der Waals surface area contributed by atoms with Gasteiger partial charge < -0.3 is 15.0 Å². The van der Waals surface area contributed by atoms with Crippen LogP contribution in [-0.2, 0) is 9.59 Å². The molecular formula is C20H17ClN2O3. The zero-order valence-electron chi connectivity index (χ0n) is 13.9. The van der Waals surface area contributed by atoms with Gasteiger partial charge in [-0.05, 0) is 35.9 Å². The lowest BCUT2D eigenvalue weighted by Gasteiger charge is -2.28. The van der Waals surface area contributed by atoms with E-state index in [-0.39, 0.29) is 18.4 Å². The molecule has 2 amide bonds. The molecule has 132 valence electrons. The number of rotatable bonds is 5. The lowest BCUT2D eigenvalue weighted by atomic mass is 10.2. The van der Waals surface area contributed by atoms with Crippen LogP contribution in [0, 0.1) is 0 Å². The molecule has 1 heterocycles. The summed E-state index contributed by atoms with van der Waals surface area (Å²) in [6.45, 7) is 4.04. The summed E-state index contributed by atoms with van der Waals surface area (Å²) < 4.78 is 5.47. The minimum atomic E-state index is -0.269. The Hall–Kier alpha value is -3.05. The van der Waals surface area contributed by atoms with Crippen LogP contribution in [0.4, 0.5) is 11.4 Å². The van der Waals surface area contributed by atoms with Gasteiger partial charge in [0, 0.05) is 29.4 Å². The van der Waals surface area contributed by atoms with Gasteiger partial charge in [0.2, 0.25) is 5.91 Å². The quantitative estimate of drug-likeness (QED) is 0.643. The second-order valence-corrected chi connectivity index (χ2v) is 6.07. The third-order valence-corrected chi connectivity index (χ3v) is 4.03.